The van der Waals surface area contributed by atoms with E-state index in [1.54, 1.807) is 0 Å². The summed E-state index contributed by atoms with van der Waals surface area (Å²) in [5, 5.41) is 4.60. The molecular weight excluding hydrogens is 316 g/mol. The summed E-state index contributed by atoms with van der Waals surface area (Å²) in [4.78, 5) is 0. The summed E-state index contributed by atoms with van der Waals surface area (Å²) in [7, 11) is 0. The summed E-state index contributed by atoms with van der Waals surface area (Å²) in [6, 6.07) is 8.65. The molecule has 0 spiro atoms. The fourth-order valence-corrected chi connectivity index (χ4v) is 3.48. The Kier molecular flexibility index (Phi) is 6.12. The lowest BCUT2D eigenvalue weighted by Crippen LogP contribution is -1.87. The smallest absolute Gasteiger partial charge is 0.0175 e. The predicted octanol–water partition coefficient (Wildman–Crippen LogP) is 6.69. The van der Waals surface area contributed by atoms with E-state index in [2.05, 4.69) is 57.9 Å². The second-order valence-corrected chi connectivity index (χ2v) is 6.64. The van der Waals surface area contributed by atoms with Gasteiger partial charge < -0.3 is 0 Å². The molecule has 102 valence electrons. The van der Waals surface area contributed by atoms with E-state index in [0.29, 0.717) is 0 Å². The average molecular weight is 337 g/mol. The number of hydrogen-bond donors (Lipinski definition) is 0. The molecule has 0 aliphatic rings. The summed E-state index contributed by atoms with van der Waals surface area (Å²) in [6.07, 6.45) is 7.99. The van der Waals surface area contributed by atoms with E-state index in [9.17, 15) is 0 Å². The van der Waals surface area contributed by atoms with Crippen molar-refractivity contribution < 1.29 is 0 Å². The van der Waals surface area contributed by atoms with Gasteiger partial charge in [0.05, 0.1) is 0 Å². The molecule has 0 unspecified atom stereocenters. The maximum absolute atomic E-state index is 3.50. The number of rotatable bonds is 7. The summed E-state index contributed by atoms with van der Waals surface area (Å²) >= 11 is 5.32. The number of halogens is 1. The molecule has 0 amide bonds. The SMILES string of the molecule is CCCCCCCc1cscc1-c1ccc(Br)cc1. The van der Waals surface area contributed by atoms with Crippen molar-refractivity contribution in [3.63, 3.8) is 0 Å². The fraction of sp³-hybridized carbons (Fsp3) is 0.412. The highest BCUT2D eigenvalue weighted by molar-refractivity contribution is 9.10. The molecule has 1 aromatic heterocycles. The molecule has 0 radical (unpaired) electrons. The third kappa shape index (κ3) is 4.47. The van der Waals surface area contributed by atoms with Crippen LogP contribution in [0.2, 0.25) is 0 Å². The normalized spacial score (nSPS) is 10.8. The van der Waals surface area contributed by atoms with Crippen LogP contribution in [0.3, 0.4) is 0 Å². The molecule has 0 N–H and O–H groups in total. The Morgan fingerprint density at radius 2 is 1.68 bits per heavy atom. The van der Waals surface area contributed by atoms with Crippen LogP contribution in [0.5, 0.6) is 0 Å². The highest BCUT2D eigenvalue weighted by atomic mass is 79.9. The summed E-state index contributed by atoms with van der Waals surface area (Å²) in [6.45, 7) is 2.27. The molecule has 0 nitrogen and oxygen atoms in total. The number of unbranched alkanes of at least 4 members (excludes halogenated alkanes) is 4. The van der Waals surface area contributed by atoms with Crippen LogP contribution in [0.25, 0.3) is 11.1 Å². The first-order valence-electron chi connectivity index (χ1n) is 7.12. The van der Waals surface area contributed by atoms with E-state index < -0.39 is 0 Å². The molecule has 1 aromatic carbocycles. The second kappa shape index (κ2) is 7.86. The van der Waals surface area contributed by atoms with Crippen molar-refractivity contribution in [2.75, 3.05) is 0 Å². The van der Waals surface area contributed by atoms with Crippen molar-refractivity contribution in [2.45, 2.75) is 45.4 Å². The number of thiophene rings is 1. The summed E-state index contributed by atoms with van der Waals surface area (Å²) < 4.78 is 1.15. The fourth-order valence-electron chi connectivity index (χ4n) is 2.32. The van der Waals surface area contributed by atoms with Gasteiger partial charge >= 0.3 is 0 Å². The van der Waals surface area contributed by atoms with Crippen LogP contribution in [0.15, 0.2) is 39.5 Å². The van der Waals surface area contributed by atoms with Gasteiger partial charge in [-0.1, -0.05) is 60.7 Å². The summed E-state index contributed by atoms with van der Waals surface area (Å²) in [5.74, 6) is 0. The van der Waals surface area contributed by atoms with Gasteiger partial charge in [-0.05, 0) is 52.4 Å². The van der Waals surface area contributed by atoms with Crippen LogP contribution >= 0.6 is 27.3 Å². The van der Waals surface area contributed by atoms with Crippen LogP contribution in [0.1, 0.15) is 44.6 Å². The van der Waals surface area contributed by atoms with E-state index in [4.69, 9.17) is 0 Å². The Hall–Kier alpha value is -0.600. The zero-order valence-corrected chi connectivity index (χ0v) is 13.9. The molecule has 19 heavy (non-hydrogen) atoms. The van der Waals surface area contributed by atoms with Crippen LogP contribution in [-0.2, 0) is 6.42 Å². The maximum atomic E-state index is 3.50. The Balaban J connectivity index is 1.96. The van der Waals surface area contributed by atoms with Gasteiger partial charge in [0.2, 0.25) is 0 Å². The van der Waals surface area contributed by atoms with E-state index in [1.807, 2.05) is 11.3 Å². The molecule has 2 aromatic rings. The van der Waals surface area contributed by atoms with Crippen LogP contribution in [-0.4, -0.2) is 0 Å². The summed E-state index contributed by atoms with van der Waals surface area (Å²) in [5.41, 5.74) is 4.28. The third-order valence-electron chi connectivity index (χ3n) is 3.45. The first kappa shape index (κ1) is 14.8. The van der Waals surface area contributed by atoms with Crippen LogP contribution < -0.4 is 0 Å². The lowest BCUT2D eigenvalue weighted by molar-refractivity contribution is 0.633. The monoisotopic (exact) mass is 336 g/mol. The molecule has 0 atom stereocenters. The Morgan fingerprint density at radius 1 is 0.947 bits per heavy atom. The minimum atomic E-state index is 1.15. The van der Waals surface area contributed by atoms with Gasteiger partial charge in [0.15, 0.2) is 0 Å². The molecule has 0 fully saturated rings. The lowest BCUT2D eigenvalue weighted by Gasteiger charge is -2.05. The third-order valence-corrected chi connectivity index (χ3v) is 4.77. The Labute approximate surface area is 129 Å². The lowest BCUT2D eigenvalue weighted by atomic mass is 10.00. The largest absolute Gasteiger partial charge is 0.151 e. The quantitative estimate of drug-likeness (QED) is 0.494. The number of benzene rings is 1. The molecule has 0 aliphatic carbocycles. The van der Waals surface area contributed by atoms with Crippen molar-refractivity contribution in [1.29, 1.82) is 0 Å². The standard InChI is InChI=1S/C17H21BrS/c1-2-3-4-5-6-7-15-12-19-13-17(15)14-8-10-16(18)11-9-14/h8-13H,2-7H2,1H3. The first-order chi connectivity index (χ1) is 9.31. The van der Waals surface area contributed by atoms with E-state index in [0.717, 1.165) is 4.47 Å². The maximum Gasteiger partial charge on any atom is 0.0175 e. The van der Waals surface area contributed by atoms with Crippen molar-refractivity contribution in [3.8, 4) is 11.1 Å². The molecule has 2 rings (SSSR count). The molecule has 2 heteroatoms. The van der Waals surface area contributed by atoms with Crippen LogP contribution in [0, 0.1) is 0 Å². The van der Waals surface area contributed by atoms with Gasteiger partial charge in [-0.25, -0.2) is 0 Å². The molecule has 0 bridgehead atoms. The first-order valence-corrected chi connectivity index (χ1v) is 8.86. The number of hydrogen-bond acceptors (Lipinski definition) is 1. The molecule has 0 saturated carbocycles. The second-order valence-electron chi connectivity index (χ2n) is 4.98. The van der Waals surface area contributed by atoms with Gasteiger partial charge in [-0.2, -0.15) is 11.3 Å². The Bertz CT molecular complexity index is 484. The average Bonchev–Trinajstić information content (AvgIpc) is 2.88. The molecule has 1 heterocycles. The van der Waals surface area contributed by atoms with Crippen molar-refractivity contribution in [1.82, 2.24) is 0 Å². The predicted molar refractivity (Wildman–Crippen MR) is 89.9 cm³/mol. The van der Waals surface area contributed by atoms with Crippen molar-refractivity contribution >= 4 is 27.3 Å². The number of aryl methyl sites for hydroxylation is 1. The highest BCUT2D eigenvalue weighted by Gasteiger charge is 2.06. The minimum Gasteiger partial charge on any atom is -0.151 e. The van der Waals surface area contributed by atoms with Crippen molar-refractivity contribution in [3.05, 3.63) is 45.1 Å². The topological polar surface area (TPSA) is 0 Å². The highest BCUT2D eigenvalue weighted by Crippen LogP contribution is 2.29. The zero-order chi connectivity index (χ0) is 13.5. The van der Waals surface area contributed by atoms with Crippen molar-refractivity contribution in [2.24, 2.45) is 0 Å². The minimum absolute atomic E-state index is 1.15. The Morgan fingerprint density at radius 3 is 2.42 bits per heavy atom. The van der Waals surface area contributed by atoms with Gasteiger partial charge in [0.1, 0.15) is 0 Å². The van der Waals surface area contributed by atoms with Gasteiger partial charge in [-0.3, -0.25) is 0 Å². The zero-order valence-electron chi connectivity index (χ0n) is 11.5. The molecule has 0 aliphatic heterocycles. The van der Waals surface area contributed by atoms with E-state index in [-0.39, 0.29) is 0 Å². The van der Waals surface area contributed by atoms with Gasteiger partial charge in [0.25, 0.3) is 0 Å². The van der Waals surface area contributed by atoms with E-state index >= 15 is 0 Å². The molecule has 0 saturated heterocycles. The van der Waals surface area contributed by atoms with Crippen LogP contribution in [0.4, 0.5) is 0 Å². The van der Waals surface area contributed by atoms with Gasteiger partial charge in [-0.15, -0.1) is 0 Å². The van der Waals surface area contributed by atoms with Gasteiger partial charge in [0, 0.05) is 4.47 Å². The van der Waals surface area contributed by atoms with E-state index in [1.165, 1.54) is 55.2 Å². The molecular formula is C17H21BrS.